The van der Waals surface area contributed by atoms with Gasteiger partial charge in [0.1, 0.15) is 12.7 Å². The molecule has 2 unspecified atom stereocenters. The van der Waals surface area contributed by atoms with Gasteiger partial charge in [0, 0.05) is 6.54 Å². The lowest BCUT2D eigenvalue weighted by atomic mass is 9.99. The molecule has 8 heteroatoms. The lowest BCUT2D eigenvalue weighted by Crippen LogP contribution is -2.40. The highest BCUT2D eigenvalue weighted by Crippen LogP contribution is 2.15. The molecular weight excluding hydrogens is 315 g/mol. The summed E-state index contributed by atoms with van der Waals surface area (Å²) in [5.74, 6) is -2.76. The van der Waals surface area contributed by atoms with Crippen molar-refractivity contribution in [2.75, 3.05) is 13.2 Å². The standard InChI is InChI=1S/C15H18F3NO4/c1-10(23-9-15(16,17)18)13(20)19-8-12(14(21)22)7-11-5-3-2-4-6-11/h2-6,10,12H,7-9H2,1H3,(H,19,20)(H,21,22). The molecule has 0 heterocycles. The number of carboxylic acid groups (broad SMARTS) is 1. The van der Waals surface area contributed by atoms with Gasteiger partial charge in [-0.15, -0.1) is 0 Å². The van der Waals surface area contributed by atoms with E-state index >= 15 is 0 Å². The monoisotopic (exact) mass is 333 g/mol. The van der Waals surface area contributed by atoms with Gasteiger partial charge in [-0.25, -0.2) is 0 Å². The van der Waals surface area contributed by atoms with Crippen LogP contribution in [0.2, 0.25) is 0 Å². The number of nitrogens with one attached hydrogen (secondary N) is 1. The lowest BCUT2D eigenvalue weighted by molar-refractivity contribution is -0.185. The van der Waals surface area contributed by atoms with Crippen molar-refractivity contribution in [1.29, 1.82) is 0 Å². The van der Waals surface area contributed by atoms with Gasteiger partial charge in [-0.2, -0.15) is 13.2 Å². The minimum Gasteiger partial charge on any atom is -0.481 e. The smallest absolute Gasteiger partial charge is 0.411 e. The van der Waals surface area contributed by atoms with Gasteiger partial charge in [0.15, 0.2) is 0 Å². The van der Waals surface area contributed by atoms with Crippen molar-refractivity contribution in [3.8, 4) is 0 Å². The van der Waals surface area contributed by atoms with Crippen LogP contribution in [0.15, 0.2) is 30.3 Å². The average molecular weight is 333 g/mol. The zero-order chi connectivity index (χ0) is 17.5. The first-order valence-electron chi connectivity index (χ1n) is 6.92. The summed E-state index contributed by atoms with van der Waals surface area (Å²) in [6.07, 6.45) is -5.64. The summed E-state index contributed by atoms with van der Waals surface area (Å²) in [6.45, 7) is -0.551. The van der Waals surface area contributed by atoms with E-state index in [0.29, 0.717) is 0 Å². The maximum absolute atomic E-state index is 12.0. The number of aliphatic carboxylic acids is 1. The Morgan fingerprint density at radius 3 is 2.39 bits per heavy atom. The molecule has 1 aromatic carbocycles. The summed E-state index contributed by atoms with van der Waals surface area (Å²) in [4.78, 5) is 22.9. The van der Waals surface area contributed by atoms with E-state index in [1.54, 1.807) is 30.3 Å². The largest absolute Gasteiger partial charge is 0.481 e. The Kier molecular flexibility index (Phi) is 7.02. The van der Waals surface area contributed by atoms with Gasteiger partial charge in [0.05, 0.1) is 5.92 Å². The summed E-state index contributed by atoms with van der Waals surface area (Å²) in [5.41, 5.74) is 0.788. The first-order valence-corrected chi connectivity index (χ1v) is 6.92. The molecule has 0 aliphatic heterocycles. The van der Waals surface area contributed by atoms with Gasteiger partial charge in [-0.3, -0.25) is 9.59 Å². The van der Waals surface area contributed by atoms with E-state index in [0.717, 1.165) is 5.56 Å². The zero-order valence-electron chi connectivity index (χ0n) is 12.5. The van der Waals surface area contributed by atoms with Crippen molar-refractivity contribution in [3.63, 3.8) is 0 Å². The molecule has 0 radical (unpaired) electrons. The van der Waals surface area contributed by atoms with Crippen molar-refractivity contribution < 1.29 is 32.6 Å². The quantitative estimate of drug-likeness (QED) is 0.763. The van der Waals surface area contributed by atoms with Crippen LogP contribution in [0, 0.1) is 5.92 Å². The van der Waals surface area contributed by atoms with Gasteiger partial charge in [0.2, 0.25) is 5.91 Å². The van der Waals surface area contributed by atoms with Gasteiger partial charge in [-0.05, 0) is 18.9 Å². The Morgan fingerprint density at radius 2 is 1.87 bits per heavy atom. The molecule has 0 fully saturated rings. The molecule has 0 spiro atoms. The number of amides is 1. The number of carbonyl (C=O) groups excluding carboxylic acids is 1. The van der Waals surface area contributed by atoms with Crippen LogP contribution in [0.1, 0.15) is 12.5 Å². The highest BCUT2D eigenvalue weighted by molar-refractivity contribution is 5.81. The SMILES string of the molecule is CC(OCC(F)(F)F)C(=O)NCC(Cc1ccccc1)C(=O)O. The van der Waals surface area contributed by atoms with Crippen LogP contribution >= 0.6 is 0 Å². The van der Waals surface area contributed by atoms with Crippen LogP contribution in [-0.2, 0) is 20.7 Å². The zero-order valence-corrected chi connectivity index (χ0v) is 12.5. The molecule has 0 saturated carbocycles. The van der Waals surface area contributed by atoms with Crippen LogP contribution in [0.4, 0.5) is 13.2 Å². The third-order valence-electron chi connectivity index (χ3n) is 3.06. The summed E-state index contributed by atoms with van der Waals surface area (Å²) in [5, 5.41) is 11.5. The van der Waals surface area contributed by atoms with E-state index in [9.17, 15) is 22.8 Å². The fourth-order valence-electron chi connectivity index (χ4n) is 1.81. The molecule has 0 aromatic heterocycles. The minimum absolute atomic E-state index is 0.192. The van der Waals surface area contributed by atoms with Crippen molar-refractivity contribution in [2.24, 2.45) is 5.92 Å². The number of halogens is 3. The second-order valence-corrected chi connectivity index (χ2v) is 5.04. The van der Waals surface area contributed by atoms with Gasteiger partial charge in [-0.1, -0.05) is 30.3 Å². The summed E-state index contributed by atoms with van der Waals surface area (Å²) in [7, 11) is 0. The Morgan fingerprint density at radius 1 is 1.26 bits per heavy atom. The Balaban J connectivity index is 2.48. The van der Waals surface area contributed by atoms with Crippen LogP contribution < -0.4 is 5.32 Å². The van der Waals surface area contributed by atoms with Crippen molar-refractivity contribution in [2.45, 2.75) is 25.6 Å². The molecule has 0 bridgehead atoms. The minimum atomic E-state index is -4.52. The molecule has 1 rings (SSSR count). The molecule has 0 aliphatic carbocycles. The Bertz CT molecular complexity index is 519. The third-order valence-corrected chi connectivity index (χ3v) is 3.06. The molecule has 1 amide bonds. The third kappa shape index (κ3) is 7.64. The molecule has 0 saturated heterocycles. The molecule has 23 heavy (non-hydrogen) atoms. The highest BCUT2D eigenvalue weighted by atomic mass is 19.4. The second-order valence-electron chi connectivity index (χ2n) is 5.04. The number of carboxylic acids is 1. The fourth-order valence-corrected chi connectivity index (χ4v) is 1.81. The van der Waals surface area contributed by atoms with E-state index in [2.05, 4.69) is 10.1 Å². The predicted octanol–water partition coefficient (Wildman–Crippen LogP) is 2.01. The van der Waals surface area contributed by atoms with Gasteiger partial charge in [0.25, 0.3) is 0 Å². The second kappa shape index (κ2) is 8.52. The van der Waals surface area contributed by atoms with Gasteiger partial charge < -0.3 is 15.2 Å². The van der Waals surface area contributed by atoms with E-state index in [1.807, 2.05) is 0 Å². The van der Waals surface area contributed by atoms with E-state index in [-0.39, 0.29) is 13.0 Å². The highest BCUT2D eigenvalue weighted by Gasteiger charge is 2.30. The summed E-state index contributed by atoms with van der Waals surface area (Å²) >= 11 is 0. The maximum Gasteiger partial charge on any atom is 0.411 e. The van der Waals surface area contributed by atoms with Gasteiger partial charge >= 0.3 is 12.1 Å². The molecule has 5 nitrogen and oxygen atoms in total. The Labute approximate surface area is 131 Å². The van der Waals surface area contributed by atoms with Crippen molar-refractivity contribution >= 4 is 11.9 Å². The van der Waals surface area contributed by atoms with Crippen molar-refractivity contribution in [3.05, 3.63) is 35.9 Å². The fraction of sp³-hybridized carbons (Fsp3) is 0.467. The van der Waals surface area contributed by atoms with E-state index in [4.69, 9.17) is 5.11 Å². The van der Waals surface area contributed by atoms with Crippen molar-refractivity contribution in [1.82, 2.24) is 5.32 Å². The summed E-state index contributed by atoms with van der Waals surface area (Å²) < 4.78 is 40.4. The number of alkyl halides is 3. The molecule has 1 aromatic rings. The molecule has 0 aliphatic rings. The van der Waals surface area contributed by atoms with Crippen LogP contribution in [0.25, 0.3) is 0 Å². The number of ether oxygens (including phenoxy) is 1. The van der Waals surface area contributed by atoms with Crippen LogP contribution in [0.3, 0.4) is 0 Å². The molecule has 2 N–H and O–H groups in total. The average Bonchev–Trinajstić information content (AvgIpc) is 2.48. The van der Waals surface area contributed by atoms with Crippen LogP contribution in [0.5, 0.6) is 0 Å². The maximum atomic E-state index is 12.0. The van der Waals surface area contributed by atoms with E-state index < -0.39 is 36.7 Å². The number of carbonyl (C=O) groups is 2. The van der Waals surface area contributed by atoms with E-state index in [1.165, 1.54) is 6.92 Å². The topological polar surface area (TPSA) is 75.6 Å². The molecular formula is C15H18F3NO4. The predicted molar refractivity (Wildman–Crippen MR) is 75.8 cm³/mol. The number of benzene rings is 1. The number of rotatable bonds is 8. The number of hydrogen-bond donors (Lipinski definition) is 2. The lowest BCUT2D eigenvalue weighted by Gasteiger charge is -2.17. The van der Waals surface area contributed by atoms with Crippen LogP contribution in [-0.4, -0.2) is 42.4 Å². The first-order chi connectivity index (χ1) is 10.7. The normalized spacial score (nSPS) is 14.1. The number of hydrogen-bond acceptors (Lipinski definition) is 3. The first kappa shape index (κ1) is 19.0. The Hall–Kier alpha value is -2.09. The molecule has 2 atom stereocenters. The summed E-state index contributed by atoms with van der Waals surface area (Å²) in [6, 6.07) is 8.83. The molecule has 128 valence electrons.